The number of aromatic nitrogens is 2. The summed E-state index contributed by atoms with van der Waals surface area (Å²) in [4.78, 5) is 1.29. The van der Waals surface area contributed by atoms with E-state index in [1.807, 2.05) is 11.7 Å². The van der Waals surface area contributed by atoms with Gasteiger partial charge in [0.15, 0.2) is 0 Å². The number of nitrogens with zero attached hydrogens (tertiary/aromatic N) is 2. The third-order valence-electron chi connectivity index (χ3n) is 2.95. The van der Waals surface area contributed by atoms with Crippen LogP contribution in [0.15, 0.2) is 35.2 Å². The van der Waals surface area contributed by atoms with Crippen LogP contribution in [0, 0.1) is 0 Å². The molecule has 0 saturated heterocycles. The predicted molar refractivity (Wildman–Crippen MR) is 78.1 cm³/mol. The van der Waals surface area contributed by atoms with Gasteiger partial charge in [-0.05, 0) is 43.0 Å². The maximum atomic E-state index is 4.44. The molecule has 18 heavy (non-hydrogen) atoms. The highest BCUT2D eigenvalue weighted by atomic mass is 32.2. The van der Waals surface area contributed by atoms with Gasteiger partial charge in [-0.2, -0.15) is 5.10 Å². The first-order chi connectivity index (χ1) is 8.72. The maximum absolute atomic E-state index is 4.44. The van der Waals surface area contributed by atoms with Crippen LogP contribution in [0.1, 0.15) is 18.3 Å². The van der Waals surface area contributed by atoms with Crippen LogP contribution in [0.3, 0.4) is 0 Å². The summed E-state index contributed by atoms with van der Waals surface area (Å²) in [6, 6.07) is 10.6. The molecule has 1 aromatic heterocycles. The van der Waals surface area contributed by atoms with Crippen molar-refractivity contribution in [2.45, 2.75) is 24.8 Å². The van der Waals surface area contributed by atoms with Gasteiger partial charge in [-0.3, -0.25) is 4.68 Å². The molecule has 0 saturated carbocycles. The van der Waals surface area contributed by atoms with E-state index in [0.717, 1.165) is 24.3 Å². The average molecular weight is 261 g/mol. The van der Waals surface area contributed by atoms with Gasteiger partial charge in [0, 0.05) is 17.6 Å². The summed E-state index contributed by atoms with van der Waals surface area (Å²) >= 11 is 1.76. The molecule has 1 aromatic carbocycles. The van der Waals surface area contributed by atoms with Crippen LogP contribution in [0.2, 0.25) is 0 Å². The lowest BCUT2D eigenvalue weighted by Gasteiger charge is -2.07. The molecule has 0 aliphatic carbocycles. The number of thioether (sulfide) groups is 1. The number of anilines is 1. The first-order valence-corrected chi connectivity index (χ1v) is 7.35. The molecule has 2 aromatic rings. The number of aryl methyl sites for hydroxylation is 2. The lowest BCUT2D eigenvalue weighted by molar-refractivity contribution is 0.707. The van der Waals surface area contributed by atoms with Crippen molar-refractivity contribution in [2.24, 2.45) is 7.05 Å². The Balaban J connectivity index is 1.99. The van der Waals surface area contributed by atoms with Gasteiger partial charge in [-0.25, -0.2) is 0 Å². The smallest absolute Gasteiger partial charge is 0.0625 e. The van der Waals surface area contributed by atoms with Gasteiger partial charge in [0.2, 0.25) is 0 Å². The number of benzene rings is 1. The average Bonchev–Trinajstić information content (AvgIpc) is 2.77. The fourth-order valence-corrected chi connectivity index (χ4v) is 2.22. The topological polar surface area (TPSA) is 29.9 Å². The van der Waals surface area contributed by atoms with Crippen LogP contribution >= 0.6 is 11.8 Å². The normalized spacial score (nSPS) is 10.6. The predicted octanol–water partition coefficient (Wildman–Crippen LogP) is 3.32. The molecular formula is C14H19N3S. The Morgan fingerprint density at radius 2 is 2.00 bits per heavy atom. The largest absolute Gasteiger partial charge is 0.379 e. The Kier molecular flexibility index (Phi) is 4.31. The third-order valence-corrected chi connectivity index (χ3v) is 3.70. The summed E-state index contributed by atoms with van der Waals surface area (Å²) in [6.07, 6.45) is 3.07. The van der Waals surface area contributed by atoms with Crippen LogP contribution in [0.4, 0.5) is 5.69 Å². The molecule has 4 heteroatoms. The number of nitrogens with one attached hydrogen (secondary N) is 1. The lowest BCUT2D eigenvalue weighted by Crippen LogP contribution is -2.05. The van der Waals surface area contributed by atoms with Gasteiger partial charge in [0.05, 0.1) is 17.9 Å². The van der Waals surface area contributed by atoms with Crippen molar-refractivity contribution < 1.29 is 0 Å². The third kappa shape index (κ3) is 3.07. The highest BCUT2D eigenvalue weighted by molar-refractivity contribution is 7.98. The van der Waals surface area contributed by atoms with Gasteiger partial charge in [-0.1, -0.05) is 6.92 Å². The van der Waals surface area contributed by atoms with Crippen LogP contribution in [0.5, 0.6) is 0 Å². The molecule has 0 spiro atoms. The van der Waals surface area contributed by atoms with Crippen LogP contribution < -0.4 is 5.32 Å². The van der Waals surface area contributed by atoms with E-state index in [-0.39, 0.29) is 0 Å². The van der Waals surface area contributed by atoms with E-state index < -0.39 is 0 Å². The Labute approximate surface area is 113 Å². The fourth-order valence-electron chi connectivity index (χ4n) is 1.81. The van der Waals surface area contributed by atoms with E-state index in [1.54, 1.807) is 11.8 Å². The first-order valence-electron chi connectivity index (χ1n) is 6.12. The minimum absolute atomic E-state index is 0.808. The molecule has 3 nitrogen and oxygen atoms in total. The number of hydrogen-bond donors (Lipinski definition) is 1. The Morgan fingerprint density at radius 3 is 2.56 bits per heavy atom. The second kappa shape index (κ2) is 5.96. The molecule has 0 atom stereocenters. The quantitative estimate of drug-likeness (QED) is 0.837. The van der Waals surface area contributed by atoms with E-state index in [9.17, 15) is 0 Å². The van der Waals surface area contributed by atoms with Crippen LogP contribution in [-0.4, -0.2) is 16.0 Å². The number of rotatable bonds is 5. The van der Waals surface area contributed by atoms with Crippen LogP contribution in [-0.2, 0) is 20.0 Å². The molecule has 0 bridgehead atoms. The van der Waals surface area contributed by atoms with Gasteiger partial charge in [0.1, 0.15) is 0 Å². The minimum Gasteiger partial charge on any atom is -0.379 e. The van der Waals surface area contributed by atoms with E-state index in [2.05, 4.69) is 53.9 Å². The summed E-state index contributed by atoms with van der Waals surface area (Å²) in [6.45, 7) is 2.93. The van der Waals surface area contributed by atoms with Crippen molar-refractivity contribution >= 4 is 17.4 Å². The van der Waals surface area contributed by atoms with E-state index in [4.69, 9.17) is 0 Å². The zero-order chi connectivity index (χ0) is 13.0. The first kappa shape index (κ1) is 13.0. The zero-order valence-electron chi connectivity index (χ0n) is 11.1. The molecule has 1 N–H and O–H groups in total. The molecule has 96 valence electrons. The molecule has 2 rings (SSSR count). The Morgan fingerprint density at radius 1 is 1.28 bits per heavy atom. The molecule has 1 heterocycles. The highest BCUT2D eigenvalue weighted by Crippen LogP contribution is 2.18. The molecule has 0 aliphatic rings. The van der Waals surface area contributed by atoms with Crippen molar-refractivity contribution in [3.8, 4) is 0 Å². The van der Waals surface area contributed by atoms with Crippen molar-refractivity contribution in [2.75, 3.05) is 11.6 Å². The summed E-state index contributed by atoms with van der Waals surface area (Å²) in [5.74, 6) is 0. The van der Waals surface area contributed by atoms with E-state index in [0.29, 0.717) is 0 Å². The van der Waals surface area contributed by atoms with Crippen molar-refractivity contribution in [3.05, 3.63) is 41.7 Å². The molecule has 0 fully saturated rings. The monoisotopic (exact) mass is 261 g/mol. The summed E-state index contributed by atoms with van der Waals surface area (Å²) in [5.41, 5.74) is 3.50. The molecule has 0 amide bonds. The minimum atomic E-state index is 0.808. The number of hydrogen-bond acceptors (Lipinski definition) is 3. The molecule has 0 radical (unpaired) electrons. The molecule has 0 unspecified atom stereocenters. The van der Waals surface area contributed by atoms with Crippen molar-refractivity contribution in [3.63, 3.8) is 0 Å². The SMILES string of the molecule is CCc1cc(CNc2ccc(SC)cc2)n(C)n1. The van der Waals surface area contributed by atoms with Gasteiger partial charge < -0.3 is 5.32 Å². The fraction of sp³-hybridized carbons (Fsp3) is 0.357. The van der Waals surface area contributed by atoms with E-state index >= 15 is 0 Å². The van der Waals surface area contributed by atoms with Crippen LogP contribution in [0.25, 0.3) is 0 Å². The Bertz CT molecular complexity index is 502. The van der Waals surface area contributed by atoms with Crippen molar-refractivity contribution in [1.82, 2.24) is 9.78 Å². The van der Waals surface area contributed by atoms with Crippen molar-refractivity contribution in [1.29, 1.82) is 0 Å². The highest BCUT2D eigenvalue weighted by Gasteiger charge is 2.03. The van der Waals surface area contributed by atoms with Gasteiger partial charge in [-0.15, -0.1) is 11.8 Å². The maximum Gasteiger partial charge on any atom is 0.0625 e. The summed E-state index contributed by atoms with van der Waals surface area (Å²) in [7, 11) is 1.99. The zero-order valence-corrected chi connectivity index (χ0v) is 11.9. The van der Waals surface area contributed by atoms with Gasteiger partial charge in [0.25, 0.3) is 0 Å². The molecular weight excluding hydrogens is 242 g/mol. The molecule has 0 aliphatic heterocycles. The lowest BCUT2D eigenvalue weighted by atomic mass is 10.3. The Hall–Kier alpha value is -1.42. The summed E-state index contributed by atoms with van der Waals surface area (Å²) in [5, 5.41) is 7.86. The second-order valence-corrected chi connectivity index (χ2v) is 5.07. The van der Waals surface area contributed by atoms with Gasteiger partial charge >= 0.3 is 0 Å². The second-order valence-electron chi connectivity index (χ2n) is 4.19. The van der Waals surface area contributed by atoms with E-state index in [1.165, 1.54) is 10.6 Å². The standard InChI is InChI=1S/C14H19N3S/c1-4-11-9-13(17(2)16-11)10-15-12-5-7-14(18-3)8-6-12/h5-9,15H,4,10H2,1-3H3. The summed E-state index contributed by atoms with van der Waals surface area (Å²) < 4.78 is 1.95.